The highest BCUT2D eigenvalue weighted by molar-refractivity contribution is 5.30. The maximum Gasteiger partial charge on any atom is 0.153 e. The average Bonchev–Trinajstić information content (AvgIpc) is 3.01. The van der Waals surface area contributed by atoms with Crippen molar-refractivity contribution in [1.29, 1.82) is 0 Å². The third kappa shape index (κ3) is 2.37. The maximum absolute atomic E-state index is 5.62. The molecule has 1 aliphatic carbocycles. The summed E-state index contributed by atoms with van der Waals surface area (Å²) in [6, 6.07) is 0. The minimum absolute atomic E-state index is 0.534. The van der Waals surface area contributed by atoms with Gasteiger partial charge in [-0.1, -0.05) is 19.3 Å². The molecular formula is C12H18N6. The van der Waals surface area contributed by atoms with Gasteiger partial charge >= 0.3 is 0 Å². The van der Waals surface area contributed by atoms with Gasteiger partial charge in [-0.25, -0.2) is 4.98 Å². The Labute approximate surface area is 106 Å². The van der Waals surface area contributed by atoms with E-state index in [-0.39, 0.29) is 0 Å². The van der Waals surface area contributed by atoms with Crippen LogP contribution in [0.1, 0.15) is 49.7 Å². The van der Waals surface area contributed by atoms with Gasteiger partial charge < -0.3 is 5.73 Å². The third-order valence-electron chi connectivity index (χ3n) is 3.48. The largest absolute Gasteiger partial charge is 0.396 e. The molecule has 6 nitrogen and oxygen atoms in total. The lowest BCUT2D eigenvalue weighted by molar-refractivity contribution is 0.429. The minimum atomic E-state index is 0.534. The van der Waals surface area contributed by atoms with Crippen molar-refractivity contribution in [2.24, 2.45) is 0 Å². The van der Waals surface area contributed by atoms with Crippen molar-refractivity contribution in [2.75, 3.05) is 5.73 Å². The van der Waals surface area contributed by atoms with Gasteiger partial charge in [0.15, 0.2) is 5.82 Å². The second-order valence-electron chi connectivity index (χ2n) is 4.95. The molecule has 2 aromatic heterocycles. The number of H-pyrrole nitrogens is 1. The Hall–Kier alpha value is -1.85. The highest BCUT2D eigenvalue weighted by Crippen LogP contribution is 2.30. The Morgan fingerprint density at radius 2 is 2.17 bits per heavy atom. The summed E-state index contributed by atoms with van der Waals surface area (Å²) >= 11 is 0. The number of aromatic nitrogens is 5. The van der Waals surface area contributed by atoms with E-state index >= 15 is 0 Å². The van der Waals surface area contributed by atoms with Crippen LogP contribution in [0.3, 0.4) is 0 Å². The quantitative estimate of drug-likeness (QED) is 0.862. The van der Waals surface area contributed by atoms with Crippen LogP contribution >= 0.6 is 0 Å². The van der Waals surface area contributed by atoms with Crippen molar-refractivity contribution >= 4 is 5.69 Å². The Kier molecular flexibility index (Phi) is 3.00. The van der Waals surface area contributed by atoms with Crippen LogP contribution in [-0.2, 0) is 6.54 Å². The monoisotopic (exact) mass is 246 g/mol. The zero-order chi connectivity index (χ0) is 12.4. The molecule has 0 amide bonds. The van der Waals surface area contributed by atoms with Gasteiger partial charge in [-0.05, 0) is 12.8 Å². The smallest absolute Gasteiger partial charge is 0.153 e. The summed E-state index contributed by atoms with van der Waals surface area (Å²) in [4.78, 5) is 4.57. The Morgan fingerprint density at radius 1 is 1.33 bits per heavy atom. The van der Waals surface area contributed by atoms with E-state index in [1.54, 1.807) is 17.1 Å². The van der Waals surface area contributed by atoms with Gasteiger partial charge in [-0.3, -0.25) is 9.78 Å². The van der Waals surface area contributed by atoms with Crippen LogP contribution in [0.5, 0.6) is 0 Å². The fourth-order valence-corrected chi connectivity index (χ4v) is 2.54. The molecule has 18 heavy (non-hydrogen) atoms. The highest BCUT2D eigenvalue weighted by atomic mass is 15.3. The lowest BCUT2D eigenvalue weighted by Gasteiger charge is -2.17. The van der Waals surface area contributed by atoms with Crippen LogP contribution in [0.2, 0.25) is 0 Å². The molecule has 6 heteroatoms. The van der Waals surface area contributed by atoms with Gasteiger partial charge in [-0.15, -0.1) is 0 Å². The summed E-state index contributed by atoms with van der Waals surface area (Å²) < 4.78 is 1.76. The molecule has 0 atom stereocenters. The van der Waals surface area contributed by atoms with E-state index in [0.29, 0.717) is 18.2 Å². The van der Waals surface area contributed by atoms with Crippen molar-refractivity contribution in [3.8, 4) is 0 Å². The molecule has 0 unspecified atom stereocenters. The average molecular weight is 246 g/mol. The molecule has 0 bridgehead atoms. The Bertz CT molecular complexity index is 508. The van der Waals surface area contributed by atoms with Crippen molar-refractivity contribution in [3.63, 3.8) is 0 Å². The summed E-state index contributed by atoms with van der Waals surface area (Å²) in [6.45, 7) is 0.594. The van der Waals surface area contributed by atoms with E-state index in [1.807, 2.05) is 0 Å². The van der Waals surface area contributed by atoms with Crippen molar-refractivity contribution in [1.82, 2.24) is 25.0 Å². The Morgan fingerprint density at radius 3 is 2.89 bits per heavy atom. The molecule has 0 aliphatic heterocycles. The molecule has 0 aromatic carbocycles. The lowest BCUT2D eigenvalue weighted by atomic mass is 9.89. The van der Waals surface area contributed by atoms with Gasteiger partial charge in [0.05, 0.1) is 11.9 Å². The first-order chi connectivity index (χ1) is 8.81. The number of hydrogen-bond donors (Lipinski definition) is 2. The molecule has 2 heterocycles. The van der Waals surface area contributed by atoms with E-state index in [2.05, 4.69) is 20.3 Å². The van der Waals surface area contributed by atoms with Crippen molar-refractivity contribution in [3.05, 3.63) is 24.0 Å². The fraction of sp³-hybridized carbons (Fsp3) is 0.583. The molecule has 96 valence electrons. The molecule has 1 saturated carbocycles. The predicted molar refractivity (Wildman–Crippen MR) is 68.0 cm³/mol. The number of nitrogens with two attached hydrogens (primary N) is 1. The molecular weight excluding hydrogens is 228 g/mol. The van der Waals surface area contributed by atoms with E-state index in [1.165, 1.54) is 32.1 Å². The number of anilines is 1. The first-order valence-electron chi connectivity index (χ1n) is 6.50. The number of nitrogens with zero attached hydrogens (tertiary/aromatic N) is 4. The van der Waals surface area contributed by atoms with Gasteiger partial charge in [0, 0.05) is 12.1 Å². The second kappa shape index (κ2) is 4.80. The summed E-state index contributed by atoms with van der Waals surface area (Å²) in [5, 5.41) is 11.5. The molecule has 2 aromatic rings. The van der Waals surface area contributed by atoms with Gasteiger partial charge in [0.25, 0.3) is 0 Å². The number of rotatable bonds is 3. The topological polar surface area (TPSA) is 85.4 Å². The molecule has 0 radical (unpaired) electrons. The zero-order valence-corrected chi connectivity index (χ0v) is 10.3. The van der Waals surface area contributed by atoms with E-state index < -0.39 is 0 Å². The molecule has 0 spiro atoms. The van der Waals surface area contributed by atoms with Crippen molar-refractivity contribution in [2.45, 2.75) is 44.6 Å². The van der Waals surface area contributed by atoms with Crippen LogP contribution in [0.4, 0.5) is 5.69 Å². The van der Waals surface area contributed by atoms with Crippen molar-refractivity contribution < 1.29 is 0 Å². The lowest BCUT2D eigenvalue weighted by Crippen LogP contribution is -2.06. The minimum Gasteiger partial charge on any atom is -0.396 e. The first kappa shape index (κ1) is 11.3. The summed E-state index contributed by atoms with van der Waals surface area (Å²) in [7, 11) is 0. The first-order valence-corrected chi connectivity index (χ1v) is 6.50. The molecule has 1 fully saturated rings. The predicted octanol–water partition coefficient (Wildman–Crippen LogP) is 1.68. The highest BCUT2D eigenvalue weighted by Gasteiger charge is 2.19. The van der Waals surface area contributed by atoms with Gasteiger partial charge in [0.1, 0.15) is 12.4 Å². The molecule has 3 N–H and O–H groups in total. The Balaban J connectivity index is 1.69. The number of hydrogen-bond acceptors (Lipinski definition) is 4. The van der Waals surface area contributed by atoms with Gasteiger partial charge in [0.2, 0.25) is 0 Å². The summed E-state index contributed by atoms with van der Waals surface area (Å²) in [6.07, 6.45) is 9.80. The third-order valence-corrected chi connectivity index (χ3v) is 3.48. The number of nitrogen functional groups attached to an aromatic ring is 1. The normalized spacial score (nSPS) is 17.1. The molecule has 0 saturated heterocycles. The number of aromatic amines is 1. The van der Waals surface area contributed by atoms with Crippen LogP contribution < -0.4 is 5.73 Å². The molecule has 3 rings (SSSR count). The number of nitrogens with one attached hydrogen (secondary N) is 1. The zero-order valence-electron chi connectivity index (χ0n) is 10.3. The standard InChI is InChI=1S/C12H18N6/c13-10-6-14-18(7-10)8-11-15-12(17-16-11)9-4-2-1-3-5-9/h6-7,9H,1-5,8,13H2,(H,15,16,17). The summed E-state index contributed by atoms with van der Waals surface area (Å²) in [5.41, 5.74) is 6.29. The maximum atomic E-state index is 5.62. The van der Waals surface area contributed by atoms with E-state index in [9.17, 15) is 0 Å². The van der Waals surface area contributed by atoms with E-state index in [0.717, 1.165) is 11.6 Å². The molecule has 1 aliphatic rings. The van der Waals surface area contributed by atoms with Crippen LogP contribution in [0.15, 0.2) is 12.4 Å². The van der Waals surface area contributed by atoms with Gasteiger partial charge in [-0.2, -0.15) is 10.2 Å². The fourth-order valence-electron chi connectivity index (χ4n) is 2.54. The SMILES string of the molecule is Nc1cnn(Cc2nc(C3CCCCC3)n[nH]2)c1. The van der Waals surface area contributed by atoms with Crippen LogP contribution in [0, 0.1) is 0 Å². The van der Waals surface area contributed by atoms with Crippen LogP contribution in [-0.4, -0.2) is 25.0 Å². The van der Waals surface area contributed by atoms with E-state index in [4.69, 9.17) is 5.73 Å². The second-order valence-corrected chi connectivity index (χ2v) is 4.95. The van der Waals surface area contributed by atoms with Crippen LogP contribution in [0.25, 0.3) is 0 Å². The summed E-state index contributed by atoms with van der Waals surface area (Å²) in [5.74, 6) is 2.34.